The smallest absolute Gasteiger partial charge is 0.323 e. The number of Topliss-reactive ketones (excluding diaryl/α,β-unsaturated/α-hetero) is 1. The first-order valence-electron chi connectivity index (χ1n) is 16.5. The van der Waals surface area contributed by atoms with Crippen molar-refractivity contribution < 1.29 is 23.9 Å². The van der Waals surface area contributed by atoms with E-state index in [1.165, 1.54) is 0 Å². The van der Waals surface area contributed by atoms with Crippen molar-refractivity contribution in [3.05, 3.63) is 88.8 Å². The van der Waals surface area contributed by atoms with Gasteiger partial charge in [-0.3, -0.25) is 14.5 Å². The van der Waals surface area contributed by atoms with E-state index in [4.69, 9.17) is 9.47 Å². The molecule has 49 heavy (non-hydrogen) atoms. The number of urea groups is 1. The Hall–Kier alpha value is -5.17. The topological polar surface area (TPSA) is 129 Å². The zero-order chi connectivity index (χ0) is 34.5. The van der Waals surface area contributed by atoms with E-state index in [2.05, 4.69) is 55.7 Å². The highest BCUT2D eigenvalue weighted by Crippen LogP contribution is 2.37. The molecule has 3 amide bonds. The van der Waals surface area contributed by atoms with Gasteiger partial charge in [-0.2, -0.15) is 0 Å². The summed E-state index contributed by atoms with van der Waals surface area (Å²) in [6.07, 6.45) is 1.82. The molecule has 1 fully saturated rings. The second-order valence-electron chi connectivity index (χ2n) is 12.3. The van der Waals surface area contributed by atoms with Gasteiger partial charge >= 0.3 is 6.03 Å². The number of nitrogens with one attached hydrogen (secondary N) is 4. The molecule has 6 rings (SSSR count). The van der Waals surface area contributed by atoms with Crippen LogP contribution < -0.4 is 30.7 Å². The van der Waals surface area contributed by atoms with Gasteiger partial charge in [0.25, 0.3) is 5.91 Å². The molecule has 0 bridgehead atoms. The van der Waals surface area contributed by atoms with E-state index in [-0.39, 0.29) is 17.4 Å². The van der Waals surface area contributed by atoms with Gasteiger partial charge in [0.2, 0.25) is 5.78 Å². The van der Waals surface area contributed by atoms with Crippen molar-refractivity contribution in [1.82, 2.24) is 25.0 Å². The number of amides is 3. The maximum absolute atomic E-state index is 13.6. The zero-order valence-corrected chi connectivity index (χ0v) is 28.4. The van der Waals surface area contributed by atoms with Crippen LogP contribution in [0.5, 0.6) is 11.5 Å². The lowest BCUT2D eigenvalue weighted by Crippen LogP contribution is -2.45. The van der Waals surface area contributed by atoms with Crippen LogP contribution >= 0.6 is 0 Å². The van der Waals surface area contributed by atoms with Crippen LogP contribution in [0.2, 0.25) is 0 Å². The molecule has 0 saturated carbocycles. The van der Waals surface area contributed by atoms with Gasteiger partial charge in [0, 0.05) is 91.5 Å². The molecule has 4 N–H and O–H groups in total. The van der Waals surface area contributed by atoms with Gasteiger partial charge in [-0.15, -0.1) is 0 Å². The van der Waals surface area contributed by atoms with Crippen LogP contribution in [0.1, 0.15) is 32.0 Å². The molecule has 3 heterocycles. The summed E-state index contributed by atoms with van der Waals surface area (Å²) >= 11 is 0. The van der Waals surface area contributed by atoms with Gasteiger partial charge in [0.1, 0.15) is 11.5 Å². The van der Waals surface area contributed by atoms with Crippen molar-refractivity contribution >= 4 is 46.1 Å². The van der Waals surface area contributed by atoms with Crippen LogP contribution in [0.4, 0.5) is 16.2 Å². The average molecular weight is 666 g/mol. The summed E-state index contributed by atoms with van der Waals surface area (Å²) in [5.41, 5.74) is 4.84. The number of carbonyl (C=O) groups excluding carboxylic acids is 3. The Balaban J connectivity index is 1.15. The van der Waals surface area contributed by atoms with Crippen molar-refractivity contribution in [3.63, 3.8) is 0 Å². The van der Waals surface area contributed by atoms with Crippen molar-refractivity contribution in [2.24, 2.45) is 0 Å². The number of nitrogens with zero attached hydrogens (tertiary/aromatic N) is 3. The number of methoxy groups -OCH3 is 1. The van der Waals surface area contributed by atoms with E-state index in [9.17, 15) is 14.4 Å². The second-order valence-corrected chi connectivity index (χ2v) is 12.3. The number of ether oxygens (including phenoxy) is 2. The van der Waals surface area contributed by atoms with Crippen molar-refractivity contribution in [3.8, 4) is 11.5 Å². The van der Waals surface area contributed by atoms with Crippen LogP contribution in [0.15, 0.2) is 66.4 Å². The molecule has 0 unspecified atom stereocenters. The number of aromatic nitrogens is 1. The van der Waals surface area contributed by atoms with Crippen LogP contribution in [-0.2, 0) is 6.54 Å². The second kappa shape index (κ2) is 14.9. The summed E-state index contributed by atoms with van der Waals surface area (Å²) < 4.78 is 13.9. The van der Waals surface area contributed by atoms with Gasteiger partial charge in [-0.05, 0) is 87.8 Å². The monoisotopic (exact) mass is 665 g/mol. The van der Waals surface area contributed by atoms with E-state index in [1.807, 2.05) is 25.3 Å². The fraction of sp³-hybridized carbons (Fsp3) is 0.324. The predicted molar refractivity (Wildman–Crippen MR) is 192 cm³/mol. The van der Waals surface area contributed by atoms with Gasteiger partial charge in [-0.25, -0.2) is 4.79 Å². The van der Waals surface area contributed by atoms with E-state index < -0.39 is 6.03 Å². The van der Waals surface area contributed by atoms with Crippen LogP contribution in [0.25, 0.3) is 17.0 Å². The highest BCUT2D eigenvalue weighted by Gasteiger charge is 2.29. The minimum atomic E-state index is -0.484. The standard InChI is InChI=1S/C37H43N7O5/c1-24-29(30-22-28(48-4)10-11-32(30)44(24)20-19-43-17-15-42(3)16-18-43)23-34-35(45)31-21-27(9-12-33(31)49-34)41-37(47)40-26-7-5-25(6-8-26)36(46)39-14-13-38-2/h5-12,21-23,38H,13-20H2,1-4H3,(H,39,46)(H2,40,41,47). The Labute approximate surface area is 286 Å². The number of fused-ring (bicyclic) bond motifs is 2. The number of likely N-dealkylation sites (N-methyl/N-ethyl adjacent to an activating group) is 2. The first-order chi connectivity index (χ1) is 23.7. The summed E-state index contributed by atoms with van der Waals surface area (Å²) in [4.78, 5) is 43.5. The van der Waals surface area contributed by atoms with Gasteiger partial charge in [0.05, 0.1) is 12.7 Å². The molecule has 2 aliphatic heterocycles. The van der Waals surface area contributed by atoms with Gasteiger partial charge < -0.3 is 40.2 Å². The van der Waals surface area contributed by atoms with Gasteiger partial charge in [0.15, 0.2) is 5.76 Å². The molecular weight excluding hydrogens is 622 g/mol. The third-order valence-corrected chi connectivity index (χ3v) is 9.08. The zero-order valence-electron chi connectivity index (χ0n) is 28.4. The van der Waals surface area contributed by atoms with Crippen LogP contribution in [0.3, 0.4) is 0 Å². The molecule has 0 atom stereocenters. The number of hydrogen-bond acceptors (Lipinski definition) is 8. The quantitative estimate of drug-likeness (QED) is 0.137. The Morgan fingerprint density at radius 2 is 1.65 bits per heavy atom. The maximum Gasteiger partial charge on any atom is 0.323 e. The van der Waals surface area contributed by atoms with Crippen LogP contribution in [-0.4, -0.2) is 99.1 Å². The van der Waals surface area contributed by atoms with Crippen molar-refractivity contribution in [2.75, 3.05) is 77.7 Å². The third kappa shape index (κ3) is 7.62. The molecule has 0 aliphatic carbocycles. The molecule has 12 nitrogen and oxygen atoms in total. The number of rotatable bonds is 11. The summed E-state index contributed by atoms with van der Waals surface area (Å²) in [7, 11) is 5.62. The summed E-state index contributed by atoms with van der Waals surface area (Å²) in [6.45, 7) is 9.23. The Kier molecular flexibility index (Phi) is 10.3. The molecule has 4 aromatic rings. The lowest BCUT2D eigenvalue weighted by molar-refractivity contribution is 0.0953. The molecule has 1 saturated heterocycles. The predicted octanol–water partition coefficient (Wildman–Crippen LogP) is 4.42. The lowest BCUT2D eigenvalue weighted by atomic mass is 10.1. The molecule has 1 aromatic heterocycles. The largest absolute Gasteiger partial charge is 0.497 e. The Morgan fingerprint density at radius 1 is 0.918 bits per heavy atom. The summed E-state index contributed by atoms with van der Waals surface area (Å²) in [6, 6.07) is 17.1. The normalized spacial score (nSPS) is 15.7. The minimum Gasteiger partial charge on any atom is -0.497 e. The number of ketones is 1. The van der Waals surface area contributed by atoms with E-state index in [1.54, 1.807) is 49.6 Å². The molecule has 0 spiro atoms. The lowest BCUT2D eigenvalue weighted by Gasteiger charge is -2.32. The fourth-order valence-corrected chi connectivity index (χ4v) is 6.20. The Morgan fingerprint density at radius 3 is 2.39 bits per heavy atom. The molecule has 256 valence electrons. The molecular formula is C37H43N7O5. The SMILES string of the molecule is CNCCNC(=O)c1ccc(NC(=O)Nc2ccc3c(c2)C(=O)C(=Cc2c(C)n(CCN4CCN(C)CC4)c4ccc(OC)cc24)O3)cc1. The molecule has 3 aromatic carbocycles. The molecule has 2 aliphatic rings. The fourth-order valence-electron chi connectivity index (χ4n) is 6.20. The van der Waals surface area contributed by atoms with E-state index in [0.717, 1.165) is 67.2 Å². The van der Waals surface area contributed by atoms with Crippen molar-refractivity contribution in [1.29, 1.82) is 0 Å². The highest BCUT2D eigenvalue weighted by molar-refractivity contribution is 6.16. The number of anilines is 2. The number of benzene rings is 3. The molecule has 0 radical (unpaired) electrons. The maximum atomic E-state index is 13.6. The Bertz CT molecular complexity index is 1890. The number of hydrogen-bond donors (Lipinski definition) is 4. The van der Waals surface area contributed by atoms with Crippen molar-refractivity contribution in [2.45, 2.75) is 13.5 Å². The summed E-state index contributed by atoms with van der Waals surface area (Å²) in [5.74, 6) is 0.936. The van der Waals surface area contributed by atoms with E-state index in [0.29, 0.717) is 41.3 Å². The third-order valence-electron chi connectivity index (χ3n) is 9.08. The first-order valence-corrected chi connectivity index (χ1v) is 16.5. The number of allylic oxidation sites excluding steroid dienone is 1. The van der Waals surface area contributed by atoms with Crippen LogP contribution in [0, 0.1) is 6.92 Å². The summed E-state index contributed by atoms with van der Waals surface area (Å²) in [5, 5.41) is 12.3. The average Bonchev–Trinajstić information content (AvgIpc) is 3.55. The first kappa shape index (κ1) is 33.7. The number of piperazine rings is 1. The van der Waals surface area contributed by atoms with Gasteiger partial charge in [-0.1, -0.05) is 0 Å². The minimum absolute atomic E-state index is 0.188. The number of carbonyl (C=O) groups is 3. The molecule has 12 heteroatoms. The van der Waals surface area contributed by atoms with E-state index >= 15 is 0 Å². The highest BCUT2D eigenvalue weighted by atomic mass is 16.5.